The molecule has 0 fully saturated rings. The minimum absolute atomic E-state index is 0.0334. The maximum atomic E-state index is 14.2. The zero-order chi connectivity index (χ0) is 27.7. The van der Waals surface area contributed by atoms with Crippen LogP contribution in [0.3, 0.4) is 0 Å². The second-order valence-electron chi connectivity index (χ2n) is 8.99. The first kappa shape index (κ1) is 25.4. The molecule has 4 N–H and O–H groups in total. The first-order valence-electron chi connectivity index (χ1n) is 11.8. The molecular weight excluding hydrogens is 507 g/mol. The third-order valence-electron chi connectivity index (χ3n) is 6.61. The normalized spacial score (nSPS) is 13.6. The Labute approximate surface area is 221 Å². The number of nitrogens with two attached hydrogens (primary N) is 1. The largest absolute Gasteiger partial charge is 0.416 e. The van der Waals surface area contributed by atoms with Gasteiger partial charge in [0.2, 0.25) is 0 Å². The van der Waals surface area contributed by atoms with Crippen LogP contribution in [0, 0.1) is 22.7 Å². The van der Waals surface area contributed by atoms with Gasteiger partial charge in [-0.1, -0.05) is 6.07 Å². The van der Waals surface area contributed by atoms with Crippen molar-refractivity contribution in [2.75, 3.05) is 17.6 Å². The van der Waals surface area contributed by atoms with Gasteiger partial charge in [0.05, 0.1) is 53.1 Å². The Hall–Kier alpha value is -5.29. The van der Waals surface area contributed by atoms with Crippen LogP contribution < -0.4 is 16.4 Å². The number of nitrogens with one attached hydrogen (secondary N) is 2. The van der Waals surface area contributed by atoms with E-state index >= 15 is 0 Å². The molecule has 8 nitrogen and oxygen atoms in total. The van der Waals surface area contributed by atoms with Crippen molar-refractivity contribution >= 4 is 17.4 Å². The molecule has 0 spiro atoms. The molecule has 1 atom stereocenters. The van der Waals surface area contributed by atoms with E-state index in [-0.39, 0.29) is 18.5 Å². The van der Waals surface area contributed by atoms with Crippen LogP contribution in [-0.2, 0) is 12.6 Å². The fraction of sp³-hybridized carbons (Fsp3) is 0.143. The van der Waals surface area contributed by atoms with Gasteiger partial charge < -0.3 is 20.9 Å². The van der Waals surface area contributed by atoms with Crippen molar-refractivity contribution in [2.45, 2.75) is 18.6 Å². The molecule has 5 rings (SSSR count). The van der Waals surface area contributed by atoms with Gasteiger partial charge in [0.15, 0.2) is 0 Å². The van der Waals surface area contributed by atoms with Gasteiger partial charge in [0.1, 0.15) is 0 Å². The number of amides is 2. The lowest BCUT2D eigenvalue weighted by atomic mass is 9.89. The molecule has 4 aromatic rings. The molecule has 2 amide bonds. The van der Waals surface area contributed by atoms with Crippen LogP contribution in [0.5, 0.6) is 0 Å². The Kier molecular flexibility index (Phi) is 6.42. The number of halogens is 3. The van der Waals surface area contributed by atoms with Gasteiger partial charge in [-0.25, -0.2) is 9.78 Å². The van der Waals surface area contributed by atoms with E-state index in [1.54, 1.807) is 34.9 Å². The van der Waals surface area contributed by atoms with E-state index in [9.17, 15) is 23.2 Å². The van der Waals surface area contributed by atoms with Crippen LogP contribution in [0.25, 0.3) is 11.3 Å². The number of nitrogens with zero attached hydrogens (tertiary/aromatic N) is 4. The van der Waals surface area contributed by atoms with E-state index in [4.69, 9.17) is 11.0 Å². The molecule has 1 aliphatic heterocycles. The number of rotatable bonds is 5. The highest BCUT2D eigenvalue weighted by atomic mass is 19.4. The Balaban J connectivity index is 1.49. The van der Waals surface area contributed by atoms with Crippen LogP contribution in [-0.4, -0.2) is 22.1 Å². The van der Waals surface area contributed by atoms with Crippen LogP contribution in [0.15, 0.2) is 67.1 Å². The number of carbonyl (C=O) groups excluding carboxylic acids is 1. The molecule has 2 heterocycles. The number of alkyl halides is 3. The summed E-state index contributed by atoms with van der Waals surface area (Å²) >= 11 is 0. The summed E-state index contributed by atoms with van der Waals surface area (Å²) in [6.45, 7) is -0.142. The molecule has 0 aliphatic carbocycles. The average Bonchev–Trinajstić information content (AvgIpc) is 3.50. The summed E-state index contributed by atoms with van der Waals surface area (Å²) in [5, 5.41) is 23.5. The van der Waals surface area contributed by atoms with Gasteiger partial charge >= 0.3 is 12.2 Å². The topological polar surface area (TPSA) is 133 Å². The Morgan fingerprint density at radius 3 is 2.44 bits per heavy atom. The number of anilines is 2. The SMILES string of the molecule is N#Cc1ccc(NC(=O)NCC2c3c(C(F)(F)F)ccc(Cc4cc(C#N)ccc4N)c3-c3cncn32)cc1. The number of hydrogen-bond donors (Lipinski definition) is 3. The molecule has 0 bridgehead atoms. The first-order chi connectivity index (χ1) is 18.7. The standard InChI is InChI=1S/C28H20F3N7O/c29-28(30,31)21-7-4-18(10-19-9-17(12-33)3-8-22(19)34)25-23-13-35-15-38(23)24(26(21)25)14-36-27(39)37-20-5-1-16(11-32)2-6-20/h1-9,13,15,24H,10,14,34H2,(H2,36,37,39). The molecule has 0 saturated heterocycles. The second-order valence-corrected chi connectivity index (χ2v) is 8.99. The van der Waals surface area contributed by atoms with E-state index in [0.717, 1.165) is 6.07 Å². The number of nitriles is 2. The number of carbonyl (C=O) groups is 1. The van der Waals surface area contributed by atoms with E-state index in [1.165, 1.54) is 30.7 Å². The summed E-state index contributed by atoms with van der Waals surface area (Å²) < 4.78 is 44.2. The van der Waals surface area contributed by atoms with Crippen LogP contribution in [0.2, 0.25) is 0 Å². The van der Waals surface area contributed by atoms with E-state index in [0.29, 0.717) is 44.9 Å². The number of nitrogen functional groups attached to an aromatic ring is 1. The van der Waals surface area contributed by atoms with Crippen molar-refractivity contribution in [1.82, 2.24) is 14.9 Å². The summed E-state index contributed by atoms with van der Waals surface area (Å²) in [6.07, 6.45) is -1.50. The molecule has 3 aromatic carbocycles. The third-order valence-corrected chi connectivity index (χ3v) is 6.61. The highest BCUT2D eigenvalue weighted by Gasteiger charge is 2.41. The molecule has 1 aliphatic rings. The van der Waals surface area contributed by atoms with Crippen molar-refractivity contribution < 1.29 is 18.0 Å². The van der Waals surface area contributed by atoms with Gasteiger partial charge in [-0.2, -0.15) is 23.7 Å². The van der Waals surface area contributed by atoms with E-state index in [1.807, 2.05) is 6.07 Å². The molecule has 0 radical (unpaired) electrons. The highest BCUT2D eigenvalue weighted by Crippen LogP contribution is 2.48. The molecule has 194 valence electrons. The summed E-state index contributed by atoms with van der Waals surface area (Å²) in [6, 6.07) is 16.0. The summed E-state index contributed by atoms with van der Waals surface area (Å²) in [5.41, 5.74) is 9.09. The monoisotopic (exact) mass is 527 g/mol. The molecule has 39 heavy (non-hydrogen) atoms. The smallest absolute Gasteiger partial charge is 0.398 e. The van der Waals surface area contributed by atoms with Gasteiger partial charge in [0, 0.05) is 29.9 Å². The van der Waals surface area contributed by atoms with Crippen molar-refractivity contribution in [3.8, 4) is 23.4 Å². The van der Waals surface area contributed by atoms with Crippen molar-refractivity contribution in [2.24, 2.45) is 0 Å². The lowest BCUT2D eigenvalue weighted by molar-refractivity contribution is -0.138. The van der Waals surface area contributed by atoms with Gasteiger partial charge in [-0.05, 0) is 65.2 Å². The summed E-state index contributed by atoms with van der Waals surface area (Å²) in [4.78, 5) is 16.7. The minimum atomic E-state index is -4.64. The van der Waals surface area contributed by atoms with Crippen molar-refractivity contribution in [1.29, 1.82) is 10.5 Å². The van der Waals surface area contributed by atoms with Crippen molar-refractivity contribution in [3.63, 3.8) is 0 Å². The predicted molar refractivity (Wildman–Crippen MR) is 137 cm³/mol. The molecule has 1 unspecified atom stereocenters. The van der Waals surface area contributed by atoms with E-state index < -0.39 is 23.8 Å². The number of hydrogen-bond acceptors (Lipinski definition) is 5. The zero-order valence-electron chi connectivity index (χ0n) is 20.3. The lowest BCUT2D eigenvalue weighted by Gasteiger charge is -2.21. The maximum absolute atomic E-state index is 14.2. The fourth-order valence-corrected chi connectivity index (χ4v) is 4.82. The molecule has 11 heteroatoms. The Morgan fingerprint density at radius 2 is 1.74 bits per heavy atom. The quantitative estimate of drug-likeness (QED) is 0.307. The van der Waals surface area contributed by atoms with Crippen molar-refractivity contribution in [3.05, 3.63) is 101 Å². The predicted octanol–water partition coefficient (Wildman–Crippen LogP) is 5.21. The van der Waals surface area contributed by atoms with Gasteiger partial charge in [-0.3, -0.25) is 0 Å². The second kappa shape index (κ2) is 9.88. The Morgan fingerprint density at radius 1 is 1.03 bits per heavy atom. The number of imidazole rings is 1. The number of benzene rings is 3. The molecule has 1 aromatic heterocycles. The zero-order valence-corrected chi connectivity index (χ0v) is 20.3. The molecule has 0 saturated carbocycles. The number of urea groups is 1. The van der Waals surface area contributed by atoms with E-state index in [2.05, 4.69) is 21.7 Å². The minimum Gasteiger partial charge on any atom is -0.398 e. The van der Waals surface area contributed by atoms with Crippen LogP contribution >= 0.6 is 0 Å². The highest BCUT2D eigenvalue weighted by molar-refractivity contribution is 5.89. The van der Waals surface area contributed by atoms with Crippen LogP contribution in [0.1, 0.15) is 39.4 Å². The van der Waals surface area contributed by atoms with Crippen LogP contribution in [0.4, 0.5) is 29.3 Å². The Bertz CT molecular complexity index is 1660. The average molecular weight is 528 g/mol. The van der Waals surface area contributed by atoms with Gasteiger partial charge in [0.25, 0.3) is 0 Å². The third kappa shape index (κ3) is 4.86. The number of fused-ring (bicyclic) bond motifs is 3. The molecular formula is C28H20F3N7O. The first-order valence-corrected chi connectivity index (χ1v) is 11.8. The van der Waals surface area contributed by atoms with Gasteiger partial charge in [-0.15, -0.1) is 0 Å². The summed E-state index contributed by atoms with van der Waals surface area (Å²) in [5.74, 6) is 0. The number of aromatic nitrogens is 2. The fourth-order valence-electron chi connectivity index (χ4n) is 4.82. The summed E-state index contributed by atoms with van der Waals surface area (Å²) in [7, 11) is 0. The lowest BCUT2D eigenvalue weighted by Crippen LogP contribution is -2.34. The maximum Gasteiger partial charge on any atom is 0.416 e.